The molecule has 1 fully saturated rings. The molecule has 2 amide bonds. The first-order valence-electron chi connectivity index (χ1n) is 10.4. The highest BCUT2D eigenvalue weighted by Crippen LogP contribution is 2.45. The SMILES string of the molecule is COc1cccc(N2C(=O)NC3=Nc4c(cnn4C(C)(C)C)[C@H](c4ccc(F)cc4)[C@H]32)c1. The van der Waals surface area contributed by atoms with Crippen LogP contribution in [0.25, 0.3) is 0 Å². The van der Waals surface area contributed by atoms with E-state index in [0.29, 0.717) is 23.1 Å². The summed E-state index contributed by atoms with van der Waals surface area (Å²) in [6.45, 7) is 6.15. The second kappa shape index (κ2) is 7.19. The van der Waals surface area contributed by atoms with Crippen molar-refractivity contribution in [2.45, 2.75) is 38.3 Å². The van der Waals surface area contributed by atoms with Gasteiger partial charge in [-0.25, -0.2) is 18.9 Å². The van der Waals surface area contributed by atoms with Crippen LogP contribution in [0.1, 0.15) is 37.8 Å². The molecule has 2 aliphatic rings. The van der Waals surface area contributed by atoms with E-state index in [1.54, 1.807) is 30.3 Å². The molecular formula is C24H24FN5O2. The maximum absolute atomic E-state index is 13.7. The van der Waals surface area contributed by atoms with E-state index in [1.807, 2.05) is 28.9 Å². The van der Waals surface area contributed by atoms with Crippen LogP contribution >= 0.6 is 0 Å². The van der Waals surface area contributed by atoms with Gasteiger partial charge in [-0.3, -0.25) is 10.2 Å². The van der Waals surface area contributed by atoms with Crippen molar-refractivity contribution in [3.8, 4) is 5.75 Å². The minimum Gasteiger partial charge on any atom is -0.497 e. The molecule has 0 radical (unpaired) electrons. The largest absolute Gasteiger partial charge is 0.497 e. The monoisotopic (exact) mass is 433 g/mol. The summed E-state index contributed by atoms with van der Waals surface area (Å²) in [4.78, 5) is 19.7. The quantitative estimate of drug-likeness (QED) is 0.658. The highest BCUT2D eigenvalue weighted by atomic mass is 19.1. The minimum absolute atomic E-state index is 0.269. The molecule has 7 nitrogen and oxygen atoms in total. The number of benzene rings is 2. The number of anilines is 1. The number of halogens is 1. The van der Waals surface area contributed by atoms with Gasteiger partial charge in [-0.15, -0.1) is 0 Å². The van der Waals surface area contributed by atoms with Gasteiger partial charge in [0.15, 0.2) is 5.82 Å². The standard InChI is InChI=1S/C24H24FN5O2/c1-24(2,3)30-22-18(13-26-30)19(14-8-10-15(25)11-9-14)20-21(27-22)28-23(31)29(20)16-6-5-7-17(12-16)32-4/h5-13,19-20H,1-4H3,(H,27,28,31)/t19-,20+/m0/s1. The second-order valence-corrected chi connectivity index (χ2v) is 8.98. The van der Waals surface area contributed by atoms with Gasteiger partial charge in [0.2, 0.25) is 0 Å². The third kappa shape index (κ3) is 3.14. The van der Waals surface area contributed by atoms with Crippen LogP contribution in [0.4, 0.5) is 20.7 Å². The van der Waals surface area contributed by atoms with E-state index in [0.717, 1.165) is 11.1 Å². The van der Waals surface area contributed by atoms with E-state index < -0.39 is 6.04 Å². The molecule has 0 spiro atoms. The van der Waals surface area contributed by atoms with Crippen molar-refractivity contribution in [1.29, 1.82) is 0 Å². The lowest BCUT2D eigenvalue weighted by Crippen LogP contribution is -2.42. The van der Waals surface area contributed by atoms with Gasteiger partial charge in [0.05, 0.1) is 18.8 Å². The first-order chi connectivity index (χ1) is 15.3. The molecule has 1 N–H and O–H groups in total. The van der Waals surface area contributed by atoms with Gasteiger partial charge in [-0.2, -0.15) is 5.10 Å². The number of amides is 2. The Kier molecular flexibility index (Phi) is 4.54. The zero-order chi connectivity index (χ0) is 22.6. The number of aliphatic imine (C=N–C) groups is 1. The average molecular weight is 433 g/mol. The molecule has 32 heavy (non-hydrogen) atoms. The summed E-state index contributed by atoms with van der Waals surface area (Å²) in [6, 6.07) is 13.1. The van der Waals surface area contributed by atoms with Gasteiger partial charge in [-0.05, 0) is 50.6 Å². The van der Waals surface area contributed by atoms with Crippen molar-refractivity contribution in [2.75, 3.05) is 12.0 Å². The Morgan fingerprint density at radius 3 is 2.56 bits per heavy atom. The fraction of sp³-hybridized carbons (Fsp3) is 0.292. The lowest BCUT2D eigenvalue weighted by Gasteiger charge is -2.33. The number of ether oxygens (including phenoxy) is 1. The first-order valence-corrected chi connectivity index (χ1v) is 10.4. The summed E-state index contributed by atoms with van der Waals surface area (Å²) in [5, 5.41) is 7.56. The molecule has 2 atom stereocenters. The molecule has 3 aromatic rings. The van der Waals surface area contributed by atoms with E-state index in [1.165, 1.54) is 12.1 Å². The van der Waals surface area contributed by atoms with Gasteiger partial charge in [0.1, 0.15) is 23.4 Å². The van der Waals surface area contributed by atoms with E-state index in [4.69, 9.17) is 9.73 Å². The van der Waals surface area contributed by atoms with Gasteiger partial charge >= 0.3 is 6.03 Å². The zero-order valence-electron chi connectivity index (χ0n) is 18.3. The molecule has 0 bridgehead atoms. The van der Waals surface area contributed by atoms with Crippen molar-refractivity contribution in [3.05, 3.63) is 71.7 Å². The molecule has 164 valence electrons. The van der Waals surface area contributed by atoms with Crippen LogP contribution in [0.2, 0.25) is 0 Å². The Morgan fingerprint density at radius 1 is 1.12 bits per heavy atom. The number of hydrogen-bond acceptors (Lipinski definition) is 4. The molecule has 8 heteroatoms. The van der Waals surface area contributed by atoms with E-state index in [9.17, 15) is 9.18 Å². The van der Waals surface area contributed by atoms with Crippen molar-refractivity contribution >= 4 is 23.4 Å². The normalized spacial score (nSPS) is 19.8. The smallest absolute Gasteiger partial charge is 0.328 e. The summed E-state index contributed by atoms with van der Waals surface area (Å²) in [7, 11) is 1.59. The topological polar surface area (TPSA) is 71.8 Å². The highest BCUT2D eigenvalue weighted by molar-refractivity contribution is 6.18. The third-order valence-electron chi connectivity index (χ3n) is 5.86. The summed E-state index contributed by atoms with van der Waals surface area (Å²) < 4.78 is 21.0. The fourth-order valence-corrected chi connectivity index (χ4v) is 4.42. The van der Waals surface area contributed by atoms with Crippen LogP contribution in [0.5, 0.6) is 5.75 Å². The molecule has 0 saturated carbocycles. The lowest BCUT2D eigenvalue weighted by molar-refractivity contribution is 0.252. The number of nitrogens with zero attached hydrogens (tertiary/aromatic N) is 4. The number of carbonyl (C=O) groups excluding carboxylic acids is 1. The Labute approximate surface area is 185 Å². The van der Waals surface area contributed by atoms with Gasteiger partial charge < -0.3 is 4.74 Å². The van der Waals surface area contributed by atoms with Crippen LogP contribution in [0, 0.1) is 5.82 Å². The zero-order valence-corrected chi connectivity index (χ0v) is 18.3. The number of carbonyl (C=O) groups is 1. The number of fused-ring (bicyclic) bond motifs is 2. The molecule has 5 rings (SSSR count). The Hall–Kier alpha value is -3.68. The van der Waals surface area contributed by atoms with E-state index in [2.05, 4.69) is 31.2 Å². The number of hydrogen-bond donors (Lipinski definition) is 1. The van der Waals surface area contributed by atoms with E-state index >= 15 is 0 Å². The first kappa shape index (κ1) is 20.2. The number of aromatic nitrogens is 2. The number of nitrogens with one attached hydrogen (secondary N) is 1. The second-order valence-electron chi connectivity index (χ2n) is 8.98. The minimum atomic E-state index is -0.426. The molecular weight excluding hydrogens is 409 g/mol. The van der Waals surface area contributed by atoms with Gasteiger partial charge in [-0.1, -0.05) is 18.2 Å². The number of methoxy groups -OCH3 is 1. The van der Waals surface area contributed by atoms with E-state index in [-0.39, 0.29) is 23.3 Å². The number of urea groups is 1. The molecule has 1 saturated heterocycles. The summed E-state index contributed by atoms with van der Waals surface area (Å²) in [5.41, 5.74) is 2.16. The van der Waals surface area contributed by atoms with Crippen LogP contribution in [0.3, 0.4) is 0 Å². The van der Waals surface area contributed by atoms with Crippen LogP contribution in [-0.4, -0.2) is 34.8 Å². The molecule has 0 unspecified atom stereocenters. The molecule has 2 aliphatic heterocycles. The maximum Gasteiger partial charge on any atom is 0.328 e. The Morgan fingerprint density at radius 2 is 1.88 bits per heavy atom. The summed E-state index contributed by atoms with van der Waals surface area (Å²) in [6.07, 6.45) is 1.81. The Balaban J connectivity index is 1.71. The van der Waals surface area contributed by atoms with Crippen LogP contribution in [-0.2, 0) is 5.54 Å². The number of amidine groups is 1. The third-order valence-corrected chi connectivity index (χ3v) is 5.86. The van der Waals surface area contributed by atoms with Crippen molar-refractivity contribution in [3.63, 3.8) is 0 Å². The predicted molar refractivity (Wildman–Crippen MR) is 120 cm³/mol. The average Bonchev–Trinajstić information content (AvgIpc) is 3.33. The van der Waals surface area contributed by atoms with Crippen molar-refractivity contribution in [1.82, 2.24) is 15.1 Å². The molecule has 1 aromatic heterocycles. The molecule has 2 aromatic carbocycles. The maximum atomic E-state index is 13.7. The highest BCUT2D eigenvalue weighted by Gasteiger charge is 2.48. The molecule has 3 heterocycles. The van der Waals surface area contributed by atoms with Crippen molar-refractivity contribution < 1.29 is 13.9 Å². The fourth-order valence-electron chi connectivity index (χ4n) is 4.42. The van der Waals surface area contributed by atoms with Gasteiger partial charge in [0.25, 0.3) is 0 Å². The summed E-state index contributed by atoms with van der Waals surface area (Å²) >= 11 is 0. The number of rotatable bonds is 3. The predicted octanol–water partition coefficient (Wildman–Crippen LogP) is 4.56. The van der Waals surface area contributed by atoms with Crippen LogP contribution < -0.4 is 15.0 Å². The van der Waals surface area contributed by atoms with Gasteiger partial charge in [0, 0.05) is 23.2 Å². The van der Waals surface area contributed by atoms with Crippen LogP contribution in [0.15, 0.2) is 59.7 Å². The Bertz CT molecular complexity index is 1230. The van der Waals surface area contributed by atoms with Crippen molar-refractivity contribution in [2.24, 2.45) is 4.99 Å². The summed E-state index contributed by atoms with van der Waals surface area (Å²) in [5.74, 6) is 1.31. The molecule has 0 aliphatic carbocycles. The lowest BCUT2D eigenvalue weighted by atomic mass is 9.83.